The van der Waals surface area contributed by atoms with Crippen LogP contribution < -0.4 is 0 Å². The second-order valence-electron chi connectivity index (χ2n) is 5.89. The quantitative estimate of drug-likeness (QED) is 0.720. The zero-order valence-electron chi connectivity index (χ0n) is 12.9. The Kier molecular flexibility index (Phi) is 5.41. The molecule has 3 heteroatoms. The molecule has 114 valence electrons. The third kappa shape index (κ3) is 4.31. The van der Waals surface area contributed by atoms with Crippen LogP contribution in [0.2, 0.25) is 0 Å². The first-order valence-corrected chi connectivity index (χ1v) is 7.44. The van der Waals surface area contributed by atoms with Crippen LogP contribution in [0, 0.1) is 17.8 Å². The maximum atomic E-state index is 5.90. The van der Waals surface area contributed by atoms with Crippen LogP contribution in [-0.4, -0.2) is 25.6 Å². The summed E-state index contributed by atoms with van der Waals surface area (Å²) in [4.78, 5) is 0. The SMILES string of the molecule is C#CCC1(COCc2ccccc2)COC(C)(OCC)C1. The van der Waals surface area contributed by atoms with Crippen molar-refractivity contribution in [2.45, 2.75) is 39.1 Å². The Morgan fingerprint density at radius 3 is 2.76 bits per heavy atom. The predicted octanol–water partition coefficient (Wildman–Crippen LogP) is 3.39. The highest BCUT2D eigenvalue weighted by Crippen LogP contribution is 2.42. The van der Waals surface area contributed by atoms with E-state index in [2.05, 4.69) is 18.1 Å². The van der Waals surface area contributed by atoms with Gasteiger partial charge in [-0.25, -0.2) is 0 Å². The summed E-state index contributed by atoms with van der Waals surface area (Å²) in [5.41, 5.74) is 1.02. The molecule has 1 heterocycles. The van der Waals surface area contributed by atoms with E-state index < -0.39 is 5.79 Å². The highest BCUT2D eigenvalue weighted by atomic mass is 16.7. The summed E-state index contributed by atoms with van der Waals surface area (Å²) >= 11 is 0. The van der Waals surface area contributed by atoms with E-state index in [0.717, 1.165) is 6.42 Å². The molecule has 0 aromatic heterocycles. The minimum Gasteiger partial charge on any atom is -0.376 e. The molecule has 0 spiro atoms. The highest BCUT2D eigenvalue weighted by molar-refractivity contribution is 5.13. The van der Waals surface area contributed by atoms with Crippen LogP contribution in [0.4, 0.5) is 0 Å². The van der Waals surface area contributed by atoms with E-state index in [4.69, 9.17) is 20.6 Å². The maximum Gasteiger partial charge on any atom is 0.166 e. The van der Waals surface area contributed by atoms with E-state index in [0.29, 0.717) is 32.8 Å². The van der Waals surface area contributed by atoms with E-state index >= 15 is 0 Å². The van der Waals surface area contributed by atoms with Crippen molar-refractivity contribution in [2.75, 3.05) is 19.8 Å². The van der Waals surface area contributed by atoms with Crippen LogP contribution in [0.25, 0.3) is 0 Å². The summed E-state index contributed by atoms with van der Waals surface area (Å²) in [5.74, 6) is 2.22. The molecular formula is C18H24O3. The number of terminal acetylenes is 1. The number of hydrogen-bond acceptors (Lipinski definition) is 3. The van der Waals surface area contributed by atoms with Crippen molar-refractivity contribution in [3.8, 4) is 12.3 Å². The Morgan fingerprint density at radius 2 is 2.10 bits per heavy atom. The van der Waals surface area contributed by atoms with Crippen molar-refractivity contribution < 1.29 is 14.2 Å². The van der Waals surface area contributed by atoms with Gasteiger partial charge in [-0.3, -0.25) is 0 Å². The fourth-order valence-electron chi connectivity index (χ4n) is 2.92. The van der Waals surface area contributed by atoms with Gasteiger partial charge in [-0.15, -0.1) is 12.3 Å². The minimum atomic E-state index is -0.540. The lowest BCUT2D eigenvalue weighted by Crippen LogP contribution is -2.31. The summed E-state index contributed by atoms with van der Waals surface area (Å²) in [5, 5.41) is 0. The van der Waals surface area contributed by atoms with Gasteiger partial charge in [0.1, 0.15) is 0 Å². The first kappa shape index (κ1) is 16.0. The van der Waals surface area contributed by atoms with Crippen LogP contribution in [0.3, 0.4) is 0 Å². The molecule has 0 bridgehead atoms. The average Bonchev–Trinajstić information content (AvgIpc) is 2.78. The minimum absolute atomic E-state index is 0.145. The van der Waals surface area contributed by atoms with E-state index in [-0.39, 0.29) is 5.41 Å². The van der Waals surface area contributed by atoms with Gasteiger partial charge in [-0.2, -0.15) is 0 Å². The Balaban J connectivity index is 1.92. The van der Waals surface area contributed by atoms with Gasteiger partial charge >= 0.3 is 0 Å². The molecule has 0 N–H and O–H groups in total. The largest absolute Gasteiger partial charge is 0.376 e. The molecule has 0 amide bonds. The molecule has 1 aromatic rings. The number of ether oxygens (including phenoxy) is 3. The summed E-state index contributed by atoms with van der Waals surface area (Å²) in [6.07, 6.45) is 6.95. The molecule has 1 saturated heterocycles. The summed E-state index contributed by atoms with van der Waals surface area (Å²) < 4.78 is 17.5. The second kappa shape index (κ2) is 7.09. The molecule has 0 saturated carbocycles. The maximum absolute atomic E-state index is 5.90. The lowest BCUT2D eigenvalue weighted by atomic mass is 9.82. The highest BCUT2D eigenvalue weighted by Gasteiger charge is 2.47. The molecule has 0 aliphatic carbocycles. The Bertz CT molecular complexity index is 479. The normalized spacial score (nSPS) is 28.4. The van der Waals surface area contributed by atoms with E-state index in [1.54, 1.807) is 0 Å². The predicted molar refractivity (Wildman–Crippen MR) is 82.6 cm³/mol. The molecule has 1 aliphatic rings. The van der Waals surface area contributed by atoms with E-state index in [9.17, 15) is 0 Å². The van der Waals surface area contributed by atoms with Crippen LogP contribution in [0.1, 0.15) is 32.3 Å². The molecular weight excluding hydrogens is 264 g/mol. The monoisotopic (exact) mass is 288 g/mol. The molecule has 2 unspecified atom stereocenters. The Hall–Kier alpha value is -1.34. The third-order valence-electron chi connectivity index (χ3n) is 3.83. The lowest BCUT2D eigenvalue weighted by molar-refractivity contribution is -0.194. The van der Waals surface area contributed by atoms with Crippen molar-refractivity contribution in [2.24, 2.45) is 5.41 Å². The zero-order valence-corrected chi connectivity index (χ0v) is 12.9. The lowest BCUT2D eigenvalue weighted by Gasteiger charge is -2.27. The van der Waals surface area contributed by atoms with Gasteiger partial charge in [0.15, 0.2) is 5.79 Å². The molecule has 2 atom stereocenters. The molecule has 0 radical (unpaired) electrons. The molecule has 2 rings (SSSR count). The van der Waals surface area contributed by atoms with Gasteiger partial charge in [0.05, 0.1) is 19.8 Å². The van der Waals surface area contributed by atoms with Crippen LogP contribution >= 0.6 is 0 Å². The smallest absolute Gasteiger partial charge is 0.166 e. The van der Waals surface area contributed by atoms with E-state index in [1.165, 1.54) is 5.56 Å². The van der Waals surface area contributed by atoms with Crippen molar-refractivity contribution in [1.29, 1.82) is 0 Å². The van der Waals surface area contributed by atoms with Crippen LogP contribution in [0.5, 0.6) is 0 Å². The first-order valence-electron chi connectivity index (χ1n) is 7.44. The topological polar surface area (TPSA) is 27.7 Å². The molecule has 1 fully saturated rings. The van der Waals surface area contributed by atoms with Gasteiger partial charge in [-0.05, 0) is 19.4 Å². The van der Waals surface area contributed by atoms with Gasteiger partial charge in [0.25, 0.3) is 0 Å². The number of rotatable bonds is 7. The van der Waals surface area contributed by atoms with Crippen molar-refractivity contribution in [1.82, 2.24) is 0 Å². The third-order valence-corrected chi connectivity index (χ3v) is 3.83. The Morgan fingerprint density at radius 1 is 1.33 bits per heavy atom. The van der Waals surface area contributed by atoms with Crippen LogP contribution in [0.15, 0.2) is 30.3 Å². The molecule has 3 nitrogen and oxygen atoms in total. The summed E-state index contributed by atoms with van der Waals surface area (Å²) in [6.45, 7) is 6.36. The zero-order chi connectivity index (χ0) is 15.2. The fraction of sp³-hybridized carbons (Fsp3) is 0.556. The molecule has 21 heavy (non-hydrogen) atoms. The van der Waals surface area contributed by atoms with Crippen molar-refractivity contribution >= 4 is 0 Å². The number of benzene rings is 1. The second-order valence-corrected chi connectivity index (χ2v) is 5.89. The van der Waals surface area contributed by atoms with Gasteiger partial charge in [0.2, 0.25) is 0 Å². The first-order chi connectivity index (χ1) is 10.1. The fourth-order valence-corrected chi connectivity index (χ4v) is 2.92. The molecule has 1 aromatic carbocycles. The van der Waals surface area contributed by atoms with Crippen molar-refractivity contribution in [3.63, 3.8) is 0 Å². The standard InChI is InChI=1S/C18H24O3/c1-4-11-18(13-17(3,20-5-2)21-15-18)14-19-12-16-9-7-6-8-10-16/h1,6-10H,5,11-15H2,2-3H3. The number of hydrogen-bond donors (Lipinski definition) is 0. The van der Waals surface area contributed by atoms with Gasteiger partial charge in [0, 0.05) is 24.9 Å². The summed E-state index contributed by atoms with van der Waals surface area (Å²) in [7, 11) is 0. The van der Waals surface area contributed by atoms with Crippen LogP contribution in [-0.2, 0) is 20.8 Å². The average molecular weight is 288 g/mol. The van der Waals surface area contributed by atoms with Crippen molar-refractivity contribution in [3.05, 3.63) is 35.9 Å². The van der Waals surface area contributed by atoms with E-state index in [1.807, 2.05) is 32.0 Å². The van der Waals surface area contributed by atoms with Gasteiger partial charge in [-0.1, -0.05) is 30.3 Å². The van der Waals surface area contributed by atoms with Gasteiger partial charge < -0.3 is 14.2 Å². The molecule has 1 aliphatic heterocycles. The summed E-state index contributed by atoms with van der Waals surface area (Å²) in [6, 6.07) is 10.1. The Labute approximate surface area is 127 Å².